The molecule has 24 heavy (non-hydrogen) atoms. The third kappa shape index (κ3) is 2.88. The van der Waals surface area contributed by atoms with Gasteiger partial charge in [0.2, 0.25) is 16.9 Å². The van der Waals surface area contributed by atoms with Crippen LogP contribution < -0.4 is 10.2 Å². The van der Waals surface area contributed by atoms with Crippen molar-refractivity contribution in [1.82, 2.24) is 0 Å². The first kappa shape index (κ1) is 16.1. The fourth-order valence-electron chi connectivity index (χ4n) is 2.22. The van der Waals surface area contributed by atoms with E-state index in [-0.39, 0.29) is 16.9 Å². The summed E-state index contributed by atoms with van der Waals surface area (Å²) in [4.78, 5) is 24.4. The van der Waals surface area contributed by atoms with E-state index >= 15 is 0 Å². The third-order valence-corrected chi connectivity index (χ3v) is 3.62. The summed E-state index contributed by atoms with van der Waals surface area (Å²) >= 11 is 5.95. The van der Waals surface area contributed by atoms with Gasteiger partial charge in [0.05, 0.1) is 18.8 Å². The number of hydrogen-bond donors (Lipinski definition) is 0. The molecule has 0 saturated carbocycles. The minimum Gasteiger partial charge on any atom is -0.471 e. The highest BCUT2D eigenvalue weighted by atomic mass is 35.5. The molecule has 0 spiro atoms. The quantitative estimate of drug-likeness (QED) is 0.670. The molecular formula is C17H13ClO6. The summed E-state index contributed by atoms with van der Waals surface area (Å²) in [6.07, 6.45) is 0.442. The van der Waals surface area contributed by atoms with Gasteiger partial charge in [-0.05, 0) is 37.3 Å². The van der Waals surface area contributed by atoms with Crippen LogP contribution in [0.15, 0.2) is 50.2 Å². The lowest BCUT2D eigenvalue weighted by Gasteiger charge is -2.14. The zero-order valence-electron chi connectivity index (χ0n) is 12.9. The van der Waals surface area contributed by atoms with Crippen molar-refractivity contribution >= 4 is 28.5 Å². The SMILES string of the molecule is COC(=O)C(C)Oc1c(-c2ccco2)oc2ccc(Cl)cc2c1=O. The van der Waals surface area contributed by atoms with Gasteiger partial charge in [-0.2, -0.15) is 0 Å². The van der Waals surface area contributed by atoms with Crippen LogP contribution in [-0.4, -0.2) is 19.2 Å². The van der Waals surface area contributed by atoms with Crippen molar-refractivity contribution in [3.63, 3.8) is 0 Å². The van der Waals surface area contributed by atoms with Crippen molar-refractivity contribution in [2.45, 2.75) is 13.0 Å². The van der Waals surface area contributed by atoms with E-state index in [4.69, 9.17) is 25.2 Å². The molecule has 0 aliphatic heterocycles. The van der Waals surface area contributed by atoms with Crippen molar-refractivity contribution < 1.29 is 23.1 Å². The van der Waals surface area contributed by atoms with E-state index in [1.54, 1.807) is 24.3 Å². The molecule has 0 saturated heterocycles. The van der Waals surface area contributed by atoms with Gasteiger partial charge >= 0.3 is 5.97 Å². The molecule has 2 heterocycles. The number of furan rings is 1. The van der Waals surface area contributed by atoms with Crippen LogP contribution in [0.25, 0.3) is 22.5 Å². The van der Waals surface area contributed by atoms with Crippen LogP contribution in [0.4, 0.5) is 0 Å². The number of carbonyl (C=O) groups excluding carboxylic acids is 1. The molecule has 7 heteroatoms. The van der Waals surface area contributed by atoms with E-state index in [1.807, 2.05) is 0 Å². The van der Waals surface area contributed by atoms with Gasteiger partial charge in [0.15, 0.2) is 11.9 Å². The van der Waals surface area contributed by atoms with E-state index < -0.39 is 17.5 Å². The molecule has 0 N–H and O–H groups in total. The average molecular weight is 349 g/mol. The molecule has 0 amide bonds. The molecule has 0 aliphatic rings. The van der Waals surface area contributed by atoms with Crippen LogP contribution in [0.1, 0.15) is 6.92 Å². The van der Waals surface area contributed by atoms with Crippen molar-refractivity contribution in [2.75, 3.05) is 7.11 Å². The number of benzene rings is 1. The summed E-state index contributed by atoms with van der Waals surface area (Å²) in [6.45, 7) is 1.47. The van der Waals surface area contributed by atoms with Crippen LogP contribution in [0.3, 0.4) is 0 Å². The molecule has 1 aromatic carbocycles. The minimum absolute atomic E-state index is 0.0931. The number of methoxy groups -OCH3 is 1. The maximum absolute atomic E-state index is 12.8. The monoisotopic (exact) mass is 348 g/mol. The Bertz CT molecular complexity index is 942. The average Bonchev–Trinajstić information content (AvgIpc) is 3.11. The van der Waals surface area contributed by atoms with E-state index in [1.165, 1.54) is 26.4 Å². The van der Waals surface area contributed by atoms with E-state index in [0.717, 1.165) is 0 Å². The van der Waals surface area contributed by atoms with Gasteiger partial charge in [-0.15, -0.1) is 0 Å². The number of rotatable bonds is 4. The first-order valence-corrected chi connectivity index (χ1v) is 7.43. The molecule has 2 aromatic heterocycles. The molecule has 0 bridgehead atoms. The Hall–Kier alpha value is -2.73. The Morgan fingerprint density at radius 2 is 2.08 bits per heavy atom. The van der Waals surface area contributed by atoms with Crippen molar-refractivity contribution in [2.24, 2.45) is 0 Å². The number of fused-ring (bicyclic) bond motifs is 1. The molecule has 0 fully saturated rings. The maximum atomic E-state index is 12.8. The first-order valence-electron chi connectivity index (χ1n) is 7.06. The molecular weight excluding hydrogens is 336 g/mol. The summed E-state index contributed by atoms with van der Waals surface area (Å²) in [5, 5.41) is 0.623. The maximum Gasteiger partial charge on any atom is 0.346 e. The Morgan fingerprint density at radius 1 is 1.29 bits per heavy atom. The number of halogens is 1. The Labute approximate surface area is 141 Å². The number of hydrogen-bond acceptors (Lipinski definition) is 6. The van der Waals surface area contributed by atoms with Crippen molar-refractivity contribution in [1.29, 1.82) is 0 Å². The predicted octanol–water partition coefficient (Wildman–Crippen LogP) is 3.65. The largest absolute Gasteiger partial charge is 0.471 e. The predicted molar refractivity (Wildman–Crippen MR) is 87.3 cm³/mol. The highest BCUT2D eigenvalue weighted by Crippen LogP contribution is 2.32. The topological polar surface area (TPSA) is 78.9 Å². The van der Waals surface area contributed by atoms with Crippen LogP contribution >= 0.6 is 11.6 Å². The van der Waals surface area contributed by atoms with Crippen LogP contribution in [0, 0.1) is 0 Å². The lowest BCUT2D eigenvalue weighted by molar-refractivity contribution is -0.147. The second kappa shape index (κ2) is 6.41. The Balaban J connectivity index is 2.23. The summed E-state index contributed by atoms with van der Waals surface area (Å²) in [5.41, 5.74) is -0.130. The lowest BCUT2D eigenvalue weighted by Crippen LogP contribution is -2.27. The van der Waals surface area contributed by atoms with Gasteiger partial charge in [-0.25, -0.2) is 4.79 Å². The van der Waals surface area contributed by atoms with Crippen molar-refractivity contribution in [3.8, 4) is 17.3 Å². The number of ether oxygens (including phenoxy) is 2. The fraction of sp³-hybridized carbons (Fsp3) is 0.176. The molecule has 0 aliphatic carbocycles. The number of carbonyl (C=O) groups is 1. The molecule has 6 nitrogen and oxygen atoms in total. The van der Waals surface area contributed by atoms with Gasteiger partial charge in [0.25, 0.3) is 0 Å². The molecule has 0 radical (unpaired) electrons. The molecule has 3 rings (SSSR count). The molecule has 124 valence electrons. The fourth-order valence-corrected chi connectivity index (χ4v) is 2.39. The molecule has 1 unspecified atom stereocenters. The standard InChI is InChI=1S/C17H13ClO6/c1-9(17(20)21-2)23-16-14(19)11-8-10(18)5-6-12(11)24-15(16)13-4-3-7-22-13/h3-9H,1-2H3. The number of esters is 1. The summed E-state index contributed by atoms with van der Waals surface area (Å²) in [5.74, 6) is -0.366. The summed E-state index contributed by atoms with van der Waals surface area (Å²) < 4.78 is 21.2. The van der Waals surface area contributed by atoms with E-state index in [2.05, 4.69) is 4.74 Å². The zero-order valence-corrected chi connectivity index (χ0v) is 13.6. The smallest absolute Gasteiger partial charge is 0.346 e. The van der Waals surface area contributed by atoms with Gasteiger partial charge < -0.3 is 18.3 Å². The van der Waals surface area contributed by atoms with Crippen molar-refractivity contribution in [3.05, 3.63) is 51.8 Å². The first-order chi connectivity index (χ1) is 11.5. The van der Waals surface area contributed by atoms with Crippen LogP contribution in [0.5, 0.6) is 5.75 Å². The van der Waals surface area contributed by atoms with Gasteiger partial charge in [0.1, 0.15) is 5.58 Å². The van der Waals surface area contributed by atoms with E-state index in [0.29, 0.717) is 16.4 Å². The Morgan fingerprint density at radius 3 is 2.75 bits per heavy atom. The molecule has 1 atom stereocenters. The second-order valence-corrected chi connectivity index (χ2v) is 5.43. The van der Waals surface area contributed by atoms with Crippen LogP contribution in [-0.2, 0) is 9.53 Å². The Kier molecular flexibility index (Phi) is 4.31. The normalized spacial score (nSPS) is 12.1. The summed E-state index contributed by atoms with van der Waals surface area (Å²) in [6, 6.07) is 7.93. The van der Waals surface area contributed by atoms with Gasteiger partial charge in [-0.3, -0.25) is 4.79 Å². The van der Waals surface area contributed by atoms with Crippen LogP contribution in [0.2, 0.25) is 5.02 Å². The highest BCUT2D eigenvalue weighted by Gasteiger charge is 2.24. The highest BCUT2D eigenvalue weighted by molar-refractivity contribution is 6.31. The summed E-state index contributed by atoms with van der Waals surface area (Å²) in [7, 11) is 1.23. The lowest BCUT2D eigenvalue weighted by atomic mass is 10.2. The zero-order chi connectivity index (χ0) is 17.3. The van der Waals surface area contributed by atoms with Gasteiger partial charge in [-0.1, -0.05) is 11.6 Å². The third-order valence-electron chi connectivity index (χ3n) is 3.38. The van der Waals surface area contributed by atoms with E-state index in [9.17, 15) is 9.59 Å². The second-order valence-electron chi connectivity index (χ2n) is 4.99. The van der Waals surface area contributed by atoms with Gasteiger partial charge in [0, 0.05) is 5.02 Å². The minimum atomic E-state index is -0.997. The molecule has 3 aromatic rings.